The van der Waals surface area contributed by atoms with Crippen LogP contribution in [0.4, 0.5) is 11.4 Å². The average Bonchev–Trinajstić information content (AvgIpc) is 2.77. The highest BCUT2D eigenvalue weighted by Crippen LogP contribution is 2.23. The first kappa shape index (κ1) is 20.3. The van der Waals surface area contributed by atoms with E-state index >= 15 is 0 Å². The van der Waals surface area contributed by atoms with Crippen LogP contribution in [0.15, 0.2) is 84.4 Å². The maximum absolute atomic E-state index is 12.5. The summed E-state index contributed by atoms with van der Waals surface area (Å²) in [4.78, 5) is 22.7. The van der Waals surface area contributed by atoms with Crippen molar-refractivity contribution in [3.05, 3.63) is 106 Å². The molecule has 0 atom stereocenters. The maximum Gasteiger partial charge on any atom is 0.269 e. The summed E-state index contributed by atoms with van der Waals surface area (Å²) in [6, 6.07) is 24.0. The Morgan fingerprint density at radius 1 is 1.03 bits per heavy atom. The molecule has 0 radical (unpaired) electrons. The van der Waals surface area contributed by atoms with Gasteiger partial charge in [0.1, 0.15) is 24.0 Å². The van der Waals surface area contributed by atoms with Crippen LogP contribution >= 0.6 is 0 Å². The zero-order chi connectivity index (χ0) is 21.3. The van der Waals surface area contributed by atoms with E-state index in [1.165, 1.54) is 30.3 Å². The molecule has 0 saturated carbocycles. The van der Waals surface area contributed by atoms with Crippen LogP contribution in [0.25, 0.3) is 6.08 Å². The van der Waals surface area contributed by atoms with Gasteiger partial charge in [0.15, 0.2) is 0 Å². The van der Waals surface area contributed by atoms with E-state index in [9.17, 15) is 20.2 Å². The van der Waals surface area contributed by atoms with Gasteiger partial charge in [-0.25, -0.2) is 0 Å². The largest absolute Gasteiger partial charge is 0.488 e. The Bertz CT molecular complexity index is 1120. The fourth-order valence-electron chi connectivity index (χ4n) is 2.64. The summed E-state index contributed by atoms with van der Waals surface area (Å²) in [6.45, 7) is 0.350. The predicted octanol–water partition coefficient (Wildman–Crippen LogP) is 4.72. The van der Waals surface area contributed by atoms with E-state index in [-0.39, 0.29) is 11.3 Å². The third kappa shape index (κ3) is 5.30. The Balaban J connectivity index is 1.76. The molecule has 0 aliphatic heterocycles. The van der Waals surface area contributed by atoms with Gasteiger partial charge in [0, 0.05) is 23.4 Å². The van der Waals surface area contributed by atoms with Crippen LogP contribution in [0.5, 0.6) is 5.75 Å². The van der Waals surface area contributed by atoms with E-state index in [1.807, 2.05) is 36.4 Å². The zero-order valence-corrected chi connectivity index (χ0v) is 15.8. The highest BCUT2D eigenvalue weighted by molar-refractivity contribution is 6.09. The van der Waals surface area contributed by atoms with Crippen molar-refractivity contribution in [3.8, 4) is 11.8 Å². The molecule has 0 aliphatic rings. The molecule has 7 nitrogen and oxygen atoms in total. The monoisotopic (exact) mass is 399 g/mol. The molecule has 1 amide bonds. The second-order valence-corrected chi connectivity index (χ2v) is 6.24. The van der Waals surface area contributed by atoms with Crippen LogP contribution < -0.4 is 10.1 Å². The van der Waals surface area contributed by atoms with Crippen molar-refractivity contribution < 1.29 is 14.5 Å². The molecule has 0 aromatic heterocycles. The van der Waals surface area contributed by atoms with Gasteiger partial charge >= 0.3 is 0 Å². The molecule has 1 N–H and O–H groups in total. The van der Waals surface area contributed by atoms with Gasteiger partial charge in [0.05, 0.1) is 4.92 Å². The van der Waals surface area contributed by atoms with Crippen molar-refractivity contribution in [3.63, 3.8) is 0 Å². The van der Waals surface area contributed by atoms with Gasteiger partial charge in [-0.2, -0.15) is 5.26 Å². The number of anilines is 1. The molecule has 0 aliphatic carbocycles. The van der Waals surface area contributed by atoms with E-state index in [0.29, 0.717) is 23.6 Å². The van der Waals surface area contributed by atoms with Gasteiger partial charge in [0.25, 0.3) is 11.6 Å². The Hall–Kier alpha value is -4.44. The summed E-state index contributed by atoms with van der Waals surface area (Å²) in [5, 5.41) is 22.7. The topological polar surface area (TPSA) is 105 Å². The minimum atomic E-state index is -0.621. The standard InChI is InChI=1S/C23H17N3O4/c24-15-19(23(27)25-20-10-12-21(13-11-20)26(28)29)14-18-8-4-5-9-22(18)30-16-17-6-2-1-3-7-17/h1-14H,16H2,(H,25,27). The van der Waals surface area contributed by atoms with Gasteiger partial charge < -0.3 is 10.1 Å². The van der Waals surface area contributed by atoms with Crippen molar-refractivity contribution >= 4 is 23.4 Å². The third-order valence-electron chi connectivity index (χ3n) is 4.16. The van der Waals surface area contributed by atoms with Crippen LogP contribution in [0.1, 0.15) is 11.1 Å². The Kier molecular flexibility index (Phi) is 6.54. The maximum atomic E-state index is 12.5. The first-order valence-corrected chi connectivity index (χ1v) is 9.00. The van der Waals surface area contributed by atoms with Crippen LogP contribution in [0.3, 0.4) is 0 Å². The first-order chi connectivity index (χ1) is 14.6. The summed E-state index contributed by atoms with van der Waals surface area (Å²) >= 11 is 0. The number of nitro benzene ring substituents is 1. The van der Waals surface area contributed by atoms with Crippen molar-refractivity contribution in [1.29, 1.82) is 5.26 Å². The summed E-state index contributed by atoms with van der Waals surface area (Å²) in [6.07, 6.45) is 1.45. The number of carbonyl (C=O) groups excluding carboxylic acids is 1. The molecule has 30 heavy (non-hydrogen) atoms. The van der Waals surface area contributed by atoms with Gasteiger partial charge in [-0.3, -0.25) is 14.9 Å². The third-order valence-corrected chi connectivity index (χ3v) is 4.16. The predicted molar refractivity (Wildman–Crippen MR) is 113 cm³/mol. The fourth-order valence-corrected chi connectivity index (χ4v) is 2.64. The molecule has 3 aromatic carbocycles. The van der Waals surface area contributed by atoms with Crippen molar-refractivity contribution in [2.45, 2.75) is 6.61 Å². The van der Waals surface area contributed by atoms with Gasteiger partial charge in [-0.15, -0.1) is 0 Å². The fraction of sp³-hybridized carbons (Fsp3) is 0.0435. The van der Waals surface area contributed by atoms with Gasteiger partial charge in [-0.1, -0.05) is 48.5 Å². The molecule has 0 spiro atoms. The summed E-state index contributed by atoms with van der Waals surface area (Å²) in [5.41, 5.74) is 1.72. The number of nitrogens with one attached hydrogen (secondary N) is 1. The first-order valence-electron chi connectivity index (χ1n) is 9.00. The molecular formula is C23H17N3O4. The van der Waals surface area contributed by atoms with Crippen molar-refractivity contribution in [2.24, 2.45) is 0 Å². The molecule has 0 bridgehead atoms. The van der Waals surface area contributed by atoms with Crippen molar-refractivity contribution in [2.75, 3.05) is 5.32 Å². The molecule has 148 valence electrons. The number of carbonyl (C=O) groups is 1. The van der Waals surface area contributed by atoms with Crippen LogP contribution in [-0.4, -0.2) is 10.8 Å². The number of nitriles is 1. The Morgan fingerprint density at radius 2 is 1.70 bits per heavy atom. The average molecular weight is 399 g/mol. The molecule has 3 aromatic rings. The second-order valence-electron chi connectivity index (χ2n) is 6.24. The number of para-hydroxylation sites is 1. The molecule has 3 rings (SSSR count). The molecular weight excluding hydrogens is 382 g/mol. The number of amides is 1. The smallest absolute Gasteiger partial charge is 0.269 e. The van der Waals surface area contributed by atoms with Gasteiger partial charge in [-0.05, 0) is 29.8 Å². The van der Waals surface area contributed by atoms with E-state index in [1.54, 1.807) is 24.3 Å². The summed E-state index contributed by atoms with van der Waals surface area (Å²) in [5.74, 6) is -0.0820. The molecule has 0 heterocycles. The van der Waals surface area contributed by atoms with E-state index < -0.39 is 10.8 Å². The van der Waals surface area contributed by atoms with Crippen LogP contribution in [0, 0.1) is 21.4 Å². The van der Waals surface area contributed by atoms with E-state index in [2.05, 4.69) is 5.32 Å². The quantitative estimate of drug-likeness (QED) is 0.268. The second kappa shape index (κ2) is 9.66. The number of benzene rings is 3. The lowest BCUT2D eigenvalue weighted by molar-refractivity contribution is -0.384. The number of rotatable bonds is 7. The minimum Gasteiger partial charge on any atom is -0.488 e. The molecule has 7 heteroatoms. The highest BCUT2D eigenvalue weighted by atomic mass is 16.6. The lowest BCUT2D eigenvalue weighted by Crippen LogP contribution is -2.13. The Morgan fingerprint density at radius 3 is 2.37 bits per heavy atom. The number of nitro groups is 1. The Labute approximate surface area is 173 Å². The van der Waals surface area contributed by atoms with E-state index in [0.717, 1.165) is 5.56 Å². The molecule has 0 unspecified atom stereocenters. The van der Waals surface area contributed by atoms with Crippen LogP contribution in [0.2, 0.25) is 0 Å². The van der Waals surface area contributed by atoms with Gasteiger partial charge in [0.2, 0.25) is 0 Å². The normalized spacial score (nSPS) is 10.7. The number of hydrogen-bond acceptors (Lipinski definition) is 5. The molecule has 0 saturated heterocycles. The zero-order valence-electron chi connectivity index (χ0n) is 15.8. The van der Waals surface area contributed by atoms with E-state index in [4.69, 9.17) is 4.74 Å². The minimum absolute atomic E-state index is 0.0893. The lowest BCUT2D eigenvalue weighted by atomic mass is 10.1. The highest BCUT2D eigenvalue weighted by Gasteiger charge is 2.12. The number of ether oxygens (including phenoxy) is 1. The number of non-ortho nitro benzene ring substituents is 1. The SMILES string of the molecule is N#CC(=Cc1ccccc1OCc1ccccc1)C(=O)Nc1ccc([N+](=O)[O-])cc1. The summed E-state index contributed by atoms with van der Waals surface area (Å²) < 4.78 is 5.85. The number of hydrogen-bond donors (Lipinski definition) is 1. The molecule has 0 fully saturated rings. The lowest BCUT2D eigenvalue weighted by Gasteiger charge is -2.10. The van der Waals surface area contributed by atoms with Crippen molar-refractivity contribution in [1.82, 2.24) is 0 Å². The number of nitrogens with zero attached hydrogens (tertiary/aromatic N) is 2. The summed E-state index contributed by atoms with van der Waals surface area (Å²) in [7, 11) is 0. The van der Waals surface area contributed by atoms with Crippen LogP contribution in [-0.2, 0) is 11.4 Å².